The van der Waals surface area contributed by atoms with E-state index in [4.69, 9.17) is 15.8 Å². The number of carbonyl (C=O) groups is 1. The molecule has 1 amide bonds. The Morgan fingerprint density at radius 3 is 2.29 bits per heavy atom. The molecule has 2 N–H and O–H groups in total. The van der Waals surface area contributed by atoms with Crippen LogP contribution in [0, 0.1) is 34.0 Å². The molecule has 0 aliphatic carbocycles. The Kier molecular flexibility index (Phi) is 5.69. The highest BCUT2D eigenvalue weighted by molar-refractivity contribution is 7.09. The van der Waals surface area contributed by atoms with Gasteiger partial charge in [-0.15, -0.1) is 11.3 Å². The van der Waals surface area contributed by atoms with Gasteiger partial charge in [-0.05, 0) is 35.7 Å². The first-order valence-corrected chi connectivity index (χ1v) is 7.68. The van der Waals surface area contributed by atoms with Crippen molar-refractivity contribution >= 4 is 22.9 Å². The average Bonchev–Trinajstić information content (AvgIpc) is 3.14. The van der Waals surface area contributed by atoms with Crippen LogP contribution in [-0.4, -0.2) is 5.91 Å². The molecule has 116 valence electrons. The fraction of sp³-hybridized carbons (Fsp3) is 0.0588. The summed E-state index contributed by atoms with van der Waals surface area (Å²) in [6.07, 6.45) is 0. The SMILES string of the molecule is N#CC(C#N)=C(C#N)Nc1ccc(C(=O)NCc2cccs2)cc1. The maximum absolute atomic E-state index is 12.1. The number of benzene rings is 1. The van der Waals surface area contributed by atoms with E-state index in [1.54, 1.807) is 53.8 Å². The van der Waals surface area contributed by atoms with Gasteiger partial charge >= 0.3 is 0 Å². The molecule has 7 heteroatoms. The molecule has 2 rings (SSSR count). The number of nitrogens with one attached hydrogen (secondary N) is 2. The van der Waals surface area contributed by atoms with Crippen LogP contribution < -0.4 is 10.6 Å². The molecular formula is C17H11N5OS. The van der Waals surface area contributed by atoms with Gasteiger partial charge in [-0.2, -0.15) is 15.8 Å². The molecule has 0 atom stereocenters. The van der Waals surface area contributed by atoms with Crippen LogP contribution in [0.5, 0.6) is 0 Å². The van der Waals surface area contributed by atoms with Gasteiger partial charge in [0.25, 0.3) is 5.91 Å². The minimum Gasteiger partial charge on any atom is -0.347 e. The van der Waals surface area contributed by atoms with Crippen LogP contribution in [0.4, 0.5) is 5.69 Å². The lowest BCUT2D eigenvalue weighted by molar-refractivity contribution is 0.0951. The second kappa shape index (κ2) is 8.14. The normalized spacial score (nSPS) is 9.04. The highest BCUT2D eigenvalue weighted by atomic mass is 32.1. The Bertz CT molecular complexity index is 861. The largest absolute Gasteiger partial charge is 0.347 e. The van der Waals surface area contributed by atoms with Crippen LogP contribution in [-0.2, 0) is 6.54 Å². The van der Waals surface area contributed by atoms with E-state index in [0.29, 0.717) is 17.8 Å². The number of hydrogen-bond donors (Lipinski definition) is 2. The van der Waals surface area contributed by atoms with Crippen LogP contribution in [0.15, 0.2) is 53.0 Å². The summed E-state index contributed by atoms with van der Waals surface area (Å²) in [6.45, 7) is 0.464. The third-order valence-corrected chi connectivity index (χ3v) is 3.88. The third-order valence-electron chi connectivity index (χ3n) is 3.01. The molecule has 0 radical (unpaired) electrons. The molecule has 1 aromatic heterocycles. The van der Waals surface area contributed by atoms with Gasteiger partial charge in [0.05, 0.1) is 6.54 Å². The Morgan fingerprint density at radius 2 is 1.75 bits per heavy atom. The van der Waals surface area contributed by atoms with Crippen molar-refractivity contribution in [1.82, 2.24) is 5.32 Å². The van der Waals surface area contributed by atoms with Crippen LogP contribution in [0.3, 0.4) is 0 Å². The van der Waals surface area contributed by atoms with Crippen molar-refractivity contribution in [3.8, 4) is 18.2 Å². The van der Waals surface area contributed by atoms with Crippen molar-refractivity contribution in [3.63, 3.8) is 0 Å². The lowest BCUT2D eigenvalue weighted by Gasteiger charge is -2.07. The molecule has 0 spiro atoms. The molecule has 0 fully saturated rings. The van der Waals surface area contributed by atoms with E-state index in [2.05, 4.69) is 10.6 Å². The molecule has 0 bridgehead atoms. The summed E-state index contributed by atoms with van der Waals surface area (Å²) in [5.74, 6) is -0.208. The van der Waals surface area contributed by atoms with Crippen molar-refractivity contribution < 1.29 is 4.79 Å². The minimum atomic E-state index is -0.296. The number of nitriles is 3. The number of anilines is 1. The van der Waals surface area contributed by atoms with Gasteiger partial charge in [0.1, 0.15) is 23.9 Å². The summed E-state index contributed by atoms with van der Waals surface area (Å²) >= 11 is 1.57. The number of hydrogen-bond acceptors (Lipinski definition) is 6. The van der Waals surface area contributed by atoms with Gasteiger partial charge in [0, 0.05) is 16.1 Å². The summed E-state index contributed by atoms with van der Waals surface area (Å²) in [7, 11) is 0. The number of nitrogens with zero attached hydrogens (tertiary/aromatic N) is 3. The summed E-state index contributed by atoms with van der Waals surface area (Å²) in [5, 5.41) is 34.0. The highest BCUT2D eigenvalue weighted by Crippen LogP contribution is 2.14. The van der Waals surface area contributed by atoms with Crippen LogP contribution in [0.2, 0.25) is 0 Å². The van der Waals surface area contributed by atoms with E-state index < -0.39 is 0 Å². The van der Waals surface area contributed by atoms with Crippen molar-refractivity contribution in [1.29, 1.82) is 15.8 Å². The topological polar surface area (TPSA) is 112 Å². The Hall–Kier alpha value is -3.60. The van der Waals surface area contributed by atoms with Crippen molar-refractivity contribution in [2.24, 2.45) is 0 Å². The minimum absolute atomic E-state index is 0.130. The lowest BCUT2D eigenvalue weighted by atomic mass is 10.1. The number of rotatable bonds is 5. The van der Waals surface area contributed by atoms with Crippen molar-refractivity contribution in [3.05, 3.63) is 63.5 Å². The number of thiophene rings is 1. The molecule has 0 saturated carbocycles. The maximum atomic E-state index is 12.1. The van der Waals surface area contributed by atoms with E-state index in [1.807, 2.05) is 17.5 Å². The first-order valence-electron chi connectivity index (χ1n) is 6.80. The smallest absolute Gasteiger partial charge is 0.251 e. The molecule has 0 aliphatic heterocycles. The molecular weight excluding hydrogens is 322 g/mol. The van der Waals surface area contributed by atoms with Crippen LogP contribution in [0.1, 0.15) is 15.2 Å². The summed E-state index contributed by atoms with van der Waals surface area (Å²) < 4.78 is 0. The monoisotopic (exact) mass is 333 g/mol. The first kappa shape index (κ1) is 16.8. The molecule has 0 unspecified atom stereocenters. The van der Waals surface area contributed by atoms with Crippen molar-refractivity contribution in [2.75, 3.05) is 5.32 Å². The summed E-state index contributed by atoms with van der Waals surface area (Å²) in [5.41, 5.74) is 0.551. The quantitative estimate of drug-likeness (QED) is 0.817. The molecule has 24 heavy (non-hydrogen) atoms. The van der Waals surface area contributed by atoms with Crippen LogP contribution >= 0.6 is 11.3 Å². The zero-order valence-corrected chi connectivity index (χ0v) is 13.2. The molecule has 6 nitrogen and oxygen atoms in total. The molecule has 2 aromatic rings. The highest BCUT2D eigenvalue weighted by Gasteiger charge is 2.08. The maximum Gasteiger partial charge on any atom is 0.251 e. The molecule has 1 heterocycles. The molecule has 0 saturated heterocycles. The van der Waals surface area contributed by atoms with Gasteiger partial charge in [-0.3, -0.25) is 4.79 Å². The molecule has 0 aliphatic rings. The fourth-order valence-electron chi connectivity index (χ4n) is 1.82. The average molecular weight is 333 g/mol. The number of carbonyl (C=O) groups excluding carboxylic acids is 1. The van der Waals surface area contributed by atoms with E-state index in [1.165, 1.54) is 0 Å². The fourth-order valence-corrected chi connectivity index (χ4v) is 2.46. The van der Waals surface area contributed by atoms with E-state index in [-0.39, 0.29) is 17.2 Å². The Balaban J connectivity index is 2.04. The van der Waals surface area contributed by atoms with Gasteiger partial charge in [0.15, 0.2) is 5.57 Å². The van der Waals surface area contributed by atoms with E-state index in [9.17, 15) is 4.79 Å². The summed E-state index contributed by atoms with van der Waals surface area (Å²) in [4.78, 5) is 13.1. The zero-order chi connectivity index (χ0) is 17.4. The number of allylic oxidation sites excluding steroid dienone is 2. The second-order valence-electron chi connectivity index (χ2n) is 4.55. The lowest BCUT2D eigenvalue weighted by Crippen LogP contribution is -2.22. The Morgan fingerprint density at radius 1 is 1.04 bits per heavy atom. The summed E-state index contributed by atoms with van der Waals surface area (Å²) in [6, 6.07) is 15.3. The Labute approximate surface area is 142 Å². The van der Waals surface area contributed by atoms with Gasteiger partial charge in [0.2, 0.25) is 0 Å². The second-order valence-corrected chi connectivity index (χ2v) is 5.58. The van der Waals surface area contributed by atoms with E-state index >= 15 is 0 Å². The zero-order valence-electron chi connectivity index (χ0n) is 12.4. The predicted octanol–water partition coefficient (Wildman–Crippen LogP) is 2.91. The van der Waals surface area contributed by atoms with E-state index in [0.717, 1.165) is 4.88 Å². The standard InChI is InChI=1S/C17H11N5OS/c18-8-13(9-19)16(10-20)22-14-5-3-12(4-6-14)17(23)21-11-15-2-1-7-24-15/h1-7,22H,11H2,(H,21,23). The van der Waals surface area contributed by atoms with Crippen molar-refractivity contribution in [2.45, 2.75) is 6.54 Å². The predicted molar refractivity (Wildman–Crippen MR) is 89.4 cm³/mol. The van der Waals surface area contributed by atoms with Crippen LogP contribution in [0.25, 0.3) is 0 Å². The first-order chi connectivity index (χ1) is 11.7. The van der Waals surface area contributed by atoms with Gasteiger partial charge < -0.3 is 10.6 Å². The molecule has 1 aromatic carbocycles. The number of amides is 1. The van der Waals surface area contributed by atoms with Gasteiger partial charge in [-0.25, -0.2) is 0 Å². The third kappa shape index (κ3) is 4.20. The van der Waals surface area contributed by atoms with Gasteiger partial charge in [-0.1, -0.05) is 6.07 Å².